The van der Waals surface area contributed by atoms with E-state index >= 15 is 0 Å². The summed E-state index contributed by atoms with van der Waals surface area (Å²) >= 11 is 0. The van der Waals surface area contributed by atoms with Gasteiger partial charge in [0.1, 0.15) is 0 Å². The van der Waals surface area contributed by atoms with Crippen molar-refractivity contribution >= 4 is 0 Å². The van der Waals surface area contributed by atoms with Crippen LogP contribution in [0, 0.1) is 6.92 Å². The van der Waals surface area contributed by atoms with Crippen LogP contribution in [0.3, 0.4) is 0 Å². The van der Waals surface area contributed by atoms with E-state index in [1.54, 1.807) is 0 Å². The van der Waals surface area contributed by atoms with E-state index in [2.05, 4.69) is 12.2 Å². The summed E-state index contributed by atoms with van der Waals surface area (Å²) in [6, 6.07) is 0. The molecule has 2 heteroatoms. The molecule has 0 saturated carbocycles. The number of hydrogen-bond acceptors (Lipinski definition) is 1. The second kappa shape index (κ2) is 11.7. The van der Waals surface area contributed by atoms with Crippen LogP contribution in [0.1, 0.15) is 25.7 Å². The van der Waals surface area contributed by atoms with E-state index in [-0.39, 0.29) is 29.6 Å². The van der Waals surface area contributed by atoms with Gasteiger partial charge in [-0.25, -0.2) is 0 Å². The summed E-state index contributed by atoms with van der Waals surface area (Å²) in [5.74, 6) is 0. The van der Waals surface area contributed by atoms with Crippen molar-refractivity contribution in [2.45, 2.75) is 25.7 Å². The Hall–Kier alpha value is 0.960. The first-order valence-corrected chi connectivity index (χ1v) is 3.35. The summed E-state index contributed by atoms with van der Waals surface area (Å²) in [5, 5.41) is 3.11. The van der Waals surface area contributed by atoms with Crippen LogP contribution in [0.15, 0.2) is 0 Å². The van der Waals surface area contributed by atoms with E-state index in [0.29, 0.717) is 0 Å². The topological polar surface area (TPSA) is 12.0 Å². The zero-order valence-electron chi connectivity index (χ0n) is 6.74. The first kappa shape index (κ1) is 12.6. The van der Waals surface area contributed by atoms with Gasteiger partial charge in [0, 0.05) is 0 Å². The molecule has 9 heavy (non-hydrogen) atoms. The average Bonchev–Trinajstić information content (AvgIpc) is 1.81. The zero-order chi connectivity index (χ0) is 6.24. The van der Waals surface area contributed by atoms with E-state index in [9.17, 15) is 0 Å². The van der Waals surface area contributed by atoms with Gasteiger partial charge >= 0.3 is 29.6 Å². The largest absolute Gasteiger partial charge is 1.00 e. The summed E-state index contributed by atoms with van der Waals surface area (Å²) in [5.41, 5.74) is 0. The fourth-order valence-corrected chi connectivity index (χ4v) is 0.655. The molecule has 50 valence electrons. The van der Waals surface area contributed by atoms with Crippen molar-refractivity contribution in [2.24, 2.45) is 0 Å². The third kappa shape index (κ3) is 12.2. The van der Waals surface area contributed by atoms with Crippen LogP contribution in [0.4, 0.5) is 0 Å². The van der Waals surface area contributed by atoms with Gasteiger partial charge in [-0.05, 0) is 20.0 Å². The molecule has 1 N–H and O–H groups in total. The molecule has 0 aromatic carbocycles. The molecule has 0 aromatic heterocycles. The SMILES string of the molecule is [CH2-]CCCCCNC.[Na+]. The Kier molecular flexibility index (Phi) is 16.4. The summed E-state index contributed by atoms with van der Waals surface area (Å²) in [6.45, 7) is 4.92. The van der Waals surface area contributed by atoms with Gasteiger partial charge in [0.2, 0.25) is 0 Å². The molecule has 0 aromatic rings. The average molecular weight is 137 g/mol. The Morgan fingerprint density at radius 1 is 1.22 bits per heavy atom. The fraction of sp³-hybridized carbons (Fsp3) is 0.857. The summed E-state index contributed by atoms with van der Waals surface area (Å²) in [7, 11) is 1.99. The first-order chi connectivity index (χ1) is 3.91. The van der Waals surface area contributed by atoms with Crippen molar-refractivity contribution in [3.8, 4) is 0 Å². The molecule has 0 saturated heterocycles. The Bertz CT molecular complexity index is 33.9. The number of rotatable bonds is 5. The Balaban J connectivity index is 0. The van der Waals surface area contributed by atoms with E-state index in [1.165, 1.54) is 19.3 Å². The van der Waals surface area contributed by atoms with Crippen LogP contribution in [0.25, 0.3) is 0 Å². The molecule has 0 bridgehead atoms. The number of hydrogen-bond donors (Lipinski definition) is 1. The van der Waals surface area contributed by atoms with Gasteiger partial charge in [-0.2, -0.15) is 6.42 Å². The Morgan fingerprint density at radius 3 is 2.33 bits per heavy atom. The van der Waals surface area contributed by atoms with Crippen molar-refractivity contribution in [3.05, 3.63) is 6.92 Å². The minimum Gasteiger partial charge on any atom is -0.343 e. The van der Waals surface area contributed by atoms with Gasteiger partial charge in [-0.3, -0.25) is 0 Å². The van der Waals surface area contributed by atoms with E-state index in [1.807, 2.05) is 7.05 Å². The van der Waals surface area contributed by atoms with Crippen LogP contribution < -0.4 is 34.9 Å². The normalized spacial score (nSPS) is 8.67. The zero-order valence-corrected chi connectivity index (χ0v) is 8.74. The molecule has 0 rings (SSSR count). The maximum atomic E-state index is 3.76. The Labute approximate surface area is 80.9 Å². The second-order valence-corrected chi connectivity index (χ2v) is 2.02. The minimum absolute atomic E-state index is 0. The third-order valence-corrected chi connectivity index (χ3v) is 1.18. The summed E-state index contributed by atoms with van der Waals surface area (Å²) in [6.07, 6.45) is 4.99. The Morgan fingerprint density at radius 2 is 1.89 bits per heavy atom. The number of unbranched alkanes of at least 4 members (excludes halogenated alkanes) is 3. The monoisotopic (exact) mass is 137 g/mol. The molecule has 0 aliphatic heterocycles. The molecule has 0 aliphatic rings. The molecular weight excluding hydrogens is 121 g/mol. The fourth-order valence-electron chi connectivity index (χ4n) is 0.655. The standard InChI is InChI=1S/C7H16N.Na/c1-3-4-5-6-7-8-2;/h8H,1,3-7H2,2H3;/q-1;+1. The molecule has 0 amide bonds. The smallest absolute Gasteiger partial charge is 0.343 e. The summed E-state index contributed by atoms with van der Waals surface area (Å²) < 4.78 is 0. The van der Waals surface area contributed by atoms with Crippen LogP contribution in [-0.2, 0) is 0 Å². The van der Waals surface area contributed by atoms with Gasteiger partial charge in [0.25, 0.3) is 0 Å². The van der Waals surface area contributed by atoms with Crippen LogP contribution in [0.2, 0.25) is 0 Å². The van der Waals surface area contributed by atoms with Crippen molar-refractivity contribution in [1.82, 2.24) is 5.32 Å². The molecule has 1 nitrogen and oxygen atoms in total. The molecule has 0 atom stereocenters. The third-order valence-electron chi connectivity index (χ3n) is 1.18. The molecule has 0 heterocycles. The van der Waals surface area contributed by atoms with Gasteiger partial charge in [0.15, 0.2) is 0 Å². The second-order valence-electron chi connectivity index (χ2n) is 2.02. The predicted octanol–water partition coefficient (Wildman–Crippen LogP) is -1.40. The quantitative estimate of drug-likeness (QED) is 0.279. The van der Waals surface area contributed by atoms with Crippen LogP contribution >= 0.6 is 0 Å². The van der Waals surface area contributed by atoms with Crippen molar-refractivity contribution in [2.75, 3.05) is 13.6 Å². The minimum atomic E-state index is 0. The van der Waals surface area contributed by atoms with E-state index < -0.39 is 0 Å². The van der Waals surface area contributed by atoms with Crippen molar-refractivity contribution < 1.29 is 29.6 Å². The molecule has 0 unspecified atom stereocenters. The predicted molar refractivity (Wildman–Crippen MR) is 37.8 cm³/mol. The van der Waals surface area contributed by atoms with E-state index in [0.717, 1.165) is 13.0 Å². The van der Waals surface area contributed by atoms with Crippen LogP contribution in [-0.4, -0.2) is 13.6 Å². The van der Waals surface area contributed by atoms with Gasteiger partial charge in [-0.15, -0.1) is 0 Å². The molecule has 0 radical (unpaired) electrons. The van der Waals surface area contributed by atoms with Crippen molar-refractivity contribution in [3.63, 3.8) is 0 Å². The van der Waals surface area contributed by atoms with Gasteiger partial charge < -0.3 is 12.2 Å². The summed E-state index contributed by atoms with van der Waals surface area (Å²) in [4.78, 5) is 0. The van der Waals surface area contributed by atoms with Crippen LogP contribution in [0.5, 0.6) is 0 Å². The van der Waals surface area contributed by atoms with E-state index in [4.69, 9.17) is 0 Å². The van der Waals surface area contributed by atoms with Gasteiger partial charge in [0.05, 0.1) is 0 Å². The van der Waals surface area contributed by atoms with Crippen molar-refractivity contribution in [1.29, 1.82) is 0 Å². The molecule has 0 spiro atoms. The first-order valence-electron chi connectivity index (χ1n) is 3.35. The maximum absolute atomic E-state index is 3.76. The molecule has 0 fully saturated rings. The van der Waals surface area contributed by atoms with Gasteiger partial charge in [-0.1, -0.05) is 12.8 Å². The maximum Gasteiger partial charge on any atom is 1.00 e. The molecular formula is C7H16NNa. The number of nitrogens with one attached hydrogen (secondary N) is 1. The molecule has 0 aliphatic carbocycles.